The van der Waals surface area contributed by atoms with Gasteiger partial charge in [-0.05, 0) is 31.4 Å². The molecule has 1 saturated carbocycles. The van der Waals surface area contributed by atoms with Crippen LogP contribution in [0.5, 0.6) is 0 Å². The van der Waals surface area contributed by atoms with Crippen molar-refractivity contribution >= 4 is 5.71 Å². The lowest BCUT2D eigenvalue weighted by Crippen LogP contribution is -2.21. The molecule has 0 heterocycles. The van der Waals surface area contributed by atoms with Gasteiger partial charge >= 0.3 is 6.18 Å². The molecule has 0 spiro atoms. The van der Waals surface area contributed by atoms with Crippen molar-refractivity contribution in [1.29, 1.82) is 0 Å². The maximum atomic E-state index is 12.5. The van der Waals surface area contributed by atoms with Crippen LogP contribution in [0.1, 0.15) is 19.3 Å². The molecule has 1 fully saturated rings. The summed E-state index contributed by atoms with van der Waals surface area (Å²) in [6.45, 7) is 0. The number of nitrogens with two attached hydrogens (primary N) is 1. The summed E-state index contributed by atoms with van der Waals surface area (Å²) in [5, 5.41) is 3.01. The Balaban J connectivity index is 2.13. The summed E-state index contributed by atoms with van der Waals surface area (Å²) in [6, 6.07) is -0.111. The first kappa shape index (κ1) is 14.7. The van der Waals surface area contributed by atoms with Gasteiger partial charge in [-0.15, -0.1) is 0 Å². The number of likely N-dealkylation sites (N-methyl/N-ethyl adjacent to an activating group) is 1. The fraction of sp³-hybridized carbons (Fsp3) is 0.500. The summed E-state index contributed by atoms with van der Waals surface area (Å²) >= 11 is 0. The quantitative estimate of drug-likeness (QED) is 0.780. The van der Waals surface area contributed by atoms with Gasteiger partial charge in [0.25, 0.3) is 0 Å². The van der Waals surface area contributed by atoms with E-state index in [0.717, 1.165) is 24.6 Å². The first-order valence-electron chi connectivity index (χ1n) is 6.58. The Morgan fingerprint density at radius 3 is 2.60 bits per heavy atom. The molecule has 0 aromatic carbocycles. The van der Waals surface area contributed by atoms with Crippen LogP contribution in [0.4, 0.5) is 13.2 Å². The molecule has 0 amide bonds. The average Bonchev–Trinajstić information content (AvgIpc) is 3.22. The second-order valence-corrected chi connectivity index (χ2v) is 5.00. The number of nitrogens with zero attached hydrogens (tertiary/aromatic N) is 1. The molecular weight excluding hydrogens is 267 g/mol. The van der Waals surface area contributed by atoms with Gasteiger partial charge in [-0.2, -0.15) is 13.2 Å². The smallest absolute Gasteiger partial charge is 0.395 e. The number of halogens is 3. The predicted molar refractivity (Wildman–Crippen MR) is 73.2 cm³/mol. The SMILES string of the molecule is CNC1=CCC(N=C(C=C(N)C(F)(F)F)C2CC2)C=C1. The fourth-order valence-corrected chi connectivity index (χ4v) is 1.96. The maximum Gasteiger partial charge on any atom is 0.430 e. The molecule has 0 aromatic heterocycles. The third-order valence-electron chi connectivity index (χ3n) is 3.31. The van der Waals surface area contributed by atoms with Gasteiger partial charge in [-0.25, -0.2) is 0 Å². The minimum absolute atomic E-state index is 0.111. The predicted octanol–water partition coefficient (Wildman–Crippen LogP) is 2.67. The van der Waals surface area contributed by atoms with Crippen molar-refractivity contribution in [1.82, 2.24) is 5.32 Å². The Morgan fingerprint density at radius 2 is 2.15 bits per heavy atom. The summed E-state index contributed by atoms with van der Waals surface area (Å²) < 4.78 is 37.5. The molecule has 0 aromatic rings. The first-order chi connectivity index (χ1) is 9.40. The van der Waals surface area contributed by atoms with Crippen LogP contribution < -0.4 is 11.1 Å². The number of rotatable bonds is 4. The average molecular weight is 285 g/mol. The Bertz CT molecular complexity index is 482. The molecule has 0 bridgehead atoms. The molecule has 110 valence electrons. The van der Waals surface area contributed by atoms with Gasteiger partial charge in [-0.3, -0.25) is 4.99 Å². The van der Waals surface area contributed by atoms with Gasteiger partial charge in [-0.1, -0.05) is 12.2 Å². The molecule has 2 rings (SSSR count). The lowest BCUT2D eigenvalue weighted by Gasteiger charge is -2.14. The largest absolute Gasteiger partial charge is 0.430 e. The van der Waals surface area contributed by atoms with Gasteiger partial charge in [0.05, 0.1) is 6.04 Å². The van der Waals surface area contributed by atoms with E-state index < -0.39 is 11.9 Å². The second kappa shape index (κ2) is 5.73. The first-order valence-corrected chi connectivity index (χ1v) is 6.58. The van der Waals surface area contributed by atoms with Crippen LogP contribution in [-0.4, -0.2) is 25.0 Å². The molecule has 6 heteroatoms. The van der Waals surface area contributed by atoms with Crippen molar-refractivity contribution < 1.29 is 13.2 Å². The van der Waals surface area contributed by atoms with E-state index in [1.54, 1.807) is 0 Å². The van der Waals surface area contributed by atoms with Gasteiger partial charge in [0.15, 0.2) is 0 Å². The lowest BCUT2D eigenvalue weighted by molar-refractivity contribution is -0.0925. The van der Waals surface area contributed by atoms with E-state index in [2.05, 4.69) is 10.3 Å². The summed E-state index contributed by atoms with van der Waals surface area (Å²) in [5.74, 6) is 0.124. The van der Waals surface area contributed by atoms with Crippen molar-refractivity contribution in [3.8, 4) is 0 Å². The van der Waals surface area contributed by atoms with E-state index in [4.69, 9.17) is 5.73 Å². The molecule has 0 saturated heterocycles. The highest BCUT2D eigenvalue weighted by Crippen LogP contribution is 2.33. The number of nitrogens with one attached hydrogen (secondary N) is 1. The van der Waals surface area contributed by atoms with Crippen molar-refractivity contribution in [2.24, 2.45) is 16.6 Å². The molecule has 0 aliphatic heterocycles. The Labute approximate surface area is 116 Å². The fourth-order valence-electron chi connectivity index (χ4n) is 1.96. The third kappa shape index (κ3) is 3.88. The highest BCUT2D eigenvalue weighted by molar-refractivity contribution is 5.99. The van der Waals surface area contributed by atoms with Crippen LogP contribution in [0.3, 0.4) is 0 Å². The van der Waals surface area contributed by atoms with Crippen molar-refractivity contribution in [3.05, 3.63) is 35.7 Å². The van der Waals surface area contributed by atoms with Crippen LogP contribution in [0, 0.1) is 5.92 Å². The van der Waals surface area contributed by atoms with E-state index in [1.807, 2.05) is 25.3 Å². The highest BCUT2D eigenvalue weighted by Gasteiger charge is 2.34. The molecule has 1 atom stereocenters. The minimum atomic E-state index is -4.49. The third-order valence-corrected chi connectivity index (χ3v) is 3.31. The zero-order valence-corrected chi connectivity index (χ0v) is 11.2. The minimum Gasteiger partial charge on any atom is -0.395 e. The zero-order chi connectivity index (χ0) is 14.8. The number of alkyl halides is 3. The van der Waals surface area contributed by atoms with Crippen molar-refractivity contribution in [2.75, 3.05) is 7.05 Å². The molecule has 0 radical (unpaired) electrons. The Hall–Kier alpha value is -1.72. The van der Waals surface area contributed by atoms with Crippen molar-refractivity contribution in [3.63, 3.8) is 0 Å². The molecule has 2 aliphatic rings. The standard InChI is InChI=1S/C14H18F3N3/c1-19-10-4-6-11(7-5-10)20-12(9-2-3-9)8-13(18)14(15,16)17/h4-6,8-9,11,19H,2-3,7,18H2,1H3. The van der Waals surface area contributed by atoms with Crippen molar-refractivity contribution in [2.45, 2.75) is 31.5 Å². The normalized spacial score (nSPS) is 24.6. The van der Waals surface area contributed by atoms with E-state index in [0.29, 0.717) is 12.1 Å². The molecule has 2 aliphatic carbocycles. The highest BCUT2D eigenvalue weighted by atomic mass is 19.4. The molecule has 1 unspecified atom stereocenters. The Morgan fingerprint density at radius 1 is 1.45 bits per heavy atom. The summed E-state index contributed by atoms with van der Waals surface area (Å²) in [5.41, 5.74) is 5.47. The van der Waals surface area contributed by atoms with Crippen LogP contribution >= 0.6 is 0 Å². The topological polar surface area (TPSA) is 50.4 Å². The Kier molecular flexibility index (Phi) is 4.20. The van der Waals surface area contributed by atoms with E-state index in [1.165, 1.54) is 0 Å². The van der Waals surface area contributed by atoms with Crippen LogP contribution in [-0.2, 0) is 0 Å². The molecular formula is C14H18F3N3. The number of allylic oxidation sites excluding steroid dienone is 3. The van der Waals surface area contributed by atoms with E-state index in [9.17, 15) is 13.2 Å². The molecule has 20 heavy (non-hydrogen) atoms. The molecule has 3 nitrogen and oxygen atoms in total. The second-order valence-electron chi connectivity index (χ2n) is 5.00. The van der Waals surface area contributed by atoms with Gasteiger partial charge in [0.1, 0.15) is 5.70 Å². The summed E-state index contributed by atoms with van der Waals surface area (Å²) in [6.07, 6.45) is 4.71. The van der Waals surface area contributed by atoms with E-state index in [-0.39, 0.29) is 12.0 Å². The van der Waals surface area contributed by atoms with Gasteiger partial charge in [0, 0.05) is 24.4 Å². The monoisotopic (exact) mass is 285 g/mol. The van der Waals surface area contributed by atoms with Gasteiger partial charge < -0.3 is 11.1 Å². The van der Waals surface area contributed by atoms with Crippen LogP contribution in [0.15, 0.2) is 40.7 Å². The summed E-state index contributed by atoms with van der Waals surface area (Å²) in [4.78, 5) is 4.42. The van der Waals surface area contributed by atoms with Gasteiger partial charge in [0.2, 0.25) is 0 Å². The number of hydrogen-bond acceptors (Lipinski definition) is 3. The summed E-state index contributed by atoms with van der Waals surface area (Å²) in [7, 11) is 1.82. The maximum absolute atomic E-state index is 12.5. The molecule has 3 N–H and O–H groups in total. The van der Waals surface area contributed by atoms with Crippen LogP contribution in [0.2, 0.25) is 0 Å². The lowest BCUT2D eigenvalue weighted by atomic mass is 10.1. The number of hydrogen-bond donors (Lipinski definition) is 2. The van der Waals surface area contributed by atoms with Crippen LogP contribution in [0.25, 0.3) is 0 Å². The van der Waals surface area contributed by atoms with E-state index >= 15 is 0 Å². The zero-order valence-electron chi connectivity index (χ0n) is 11.2. The number of aliphatic imine (C=N–C) groups is 1.